The molecule has 0 amide bonds. The Kier molecular flexibility index (Phi) is 4.73. The van der Waals surface area contributed by atoms with Crippen molar-refractivity contribution in [3.8, 4) is 0 Å². The van der Waals surface area contributed by atoms with E-state index in [-0.39, 0.29) is 5.97 Å². The Morgan fingerprint density at radius 2 is 2.39 bits per heavy atom. The van der Waals surface area contributed by atoms with Crippen molar-refractivity contribution in [2.45, 2.75) is 10.1 Å². The van der Waals surface area contributed by atoms with Crippen LogP contribution >= 0.6 is 39.0 Å². The molecule has 2 aromatic rings. The zero-order valence-corrected chi connectivity index (χ0v) is 12.6. The molecule has 0 N–H and O–H groups in total. The number of carbonyl (C=O) groups excluding carboxylic acids is 1. The Balaban J connectivity index is 2.08. The summed E-state index contributed by atoms with van der Waals surface area (Å²) < 4.78 is 6.49. The Morgan fingerprint density at radius 1 is 1.56 bits per heavy atom. The molecule has 1 aromatic heterocycles. The van der Waals surface area contributed by atoms with E-state index in [9.17, 15) is 4.79 Å². The molecule has 0 aliphatic heterocycles. The van der Waals surface area contributed by atoms with Crippen LogP contribution in [0.4, 0.5) is 0 Å². The van der Waals surface area contributed by atoms with Crippen LogP contribution < -0.4 is 0 Å². The second kappa shape index (κ2) is 6.31. The predicted molar refractivity (Wildman–Crippen MR) is 75.0 cm³/mol. The van der Waals surface area contributed by atoms with E-state index in [2.05, 4.69) is 30.9 Å². The Labute approximate surface area is 121 Å². The molecular formula is C11H9BrN2O2S2. The van der Waals surface area contributed by atoms with Crippen LogP contribution in [0.1, 0.15) is 15.9 Å². The molecule has 4 nitrogen and oxygen atoms in total. The molecule has 18 heavy (non-hydrogen) atoms. The molecule has 0 radical (unpaired) electrons. The van der Waals surface area contributed by atoms with Crippen LogP contribution in [0.3, 0.4) is 0 Å². The summed E-state index contributed by atoms with van der Waals surface area (Å²) in [7, 11) is 1.37. The van der Waals surface area contributed by atoms with Gasteiger partial charge in [0.05, 0.1) is 12.7 Å². The first-order valence-electron chi connectivity index (χ1n) is 4.96. The van der Waals surface area contributed by atoms with Crippen molar-refractivity contribution in [2.24, 2.45) is 0 Å². The molecule has 0 aliphatic rings. The quantitative estimate of drug-likeness (QED) is 0.628. The third-order valence-corrected chi connectivity index (χ3v) is 4.81. The molecule has 1 aromatic carbocycles. The molecular weight excluding hydrogens is 336 g/mol. The van der Waals surface area contributed by atoms with E-state index >= 15 is 0 Å². The van der Waals surface area contributed by atoms with Gasteiger partial charge in [-0.05, 0) is 17.7 Å². The largest absolute Gasteiger partial charge is 0.465 e. The highest BCUT2D eigenvalue weighted by atomic mass is 79.9. The fourth-order valence-electron chi connectivity index (χ4n) is 1.27. The summed E-state index contributed by atoms with van der Waals surface area (Å²) in [6.07, 6.45) is 0. The standard InChI is InChI=1S/C11H9BrN2O2S2/c1-16-10(15)7-2-3-8(9(12)4-7)5-17-11-14-13-6-18-11/h2-4,6H,5H2,1H3. The molecule has 0 bridgehead atoms. The number of halogens is 1. The number of carbonyl (C=O) groups is 1. The van der Waals surface area contributed by atoms with Crippen LogP contribution in [-0.2, 0) is 10.5 Å². The van der Waals surface area contributed by atoms with Crippen LogP contribution in [0.25, 0.3) is 0 Å². The summed E-state index contributed by atoms with van der Waals surface area (Å²) in [6.45, 7) is 0. The van der Waals surface area contributed by atoms with Crippen molar-refractivity contribution in [3.63, 3.8) is 0 Å². The van der Waals surface area contributed by atoms with E-state index in [0.29, 0.717) is 5.56 Å². The molecule has 0 saturated carbocycles. The van der Waals surface area contributed by atoms with Gasteiger partial charge in [0.1, 0.15) is 5.51 Å². The number of benzene rings is 1. The SMILES string of the molecule is COC(=O)c1ccc(CSc2nncs2)c(Br)c1. The lowest BCUT2D eigenvalue weighted by atomic mass is 10.1. The van der Waals surface area contributed by atoms with Crippen molar-refractivity contribution in [2.75, 3.05) is 7.11 Å². The van der Waals surface area contributed by atoms with Gasteiger partial charge in [0.15, 0.2) is 4.34 Å². The van der Waals surface area contributed by atoms with Gasteiger partial charge in [-0.25, -0.2) is 4.79 Å². The van der Waals surface area contributed by atoms with Gasteiger partial charge in [-0.1, -0.05) is 45.1 Å². The summed E-state index contributed by atoms with van der Waals surface area (Å²) in [4.78, 5) is 11.4. The third-order valence-electron chi connectivity index (χ3n) is 2.17. The molecule has 0 saturated heterocycles. The minimum absolute atomic E-state index is 0.334. The first-order chi connectivity index (χ1) is 8.70. The fraction of sp³-hybridized carbons (Fsp3) is 0.182. The Morgan fingerprint density at radius 3 is 3.00 bits per heavy atom. The van der Waals surface area contributed by atoms with Crippen molar-refractivity contribution in [3.05, 3.63) is 39.3 Å². The van der Waals surface area contributed by atoms with Gasteiger partial charge in [-0.2, -0.15) is 0 Å². The lowest BCUT2D eigenvalue weighted by Crippen LogP contribution is -2.01. The van der Waals surface area contributed by atoms with Gasteiger partial charge in [0.2, 0.25) is 0 Å². The lowest BCUT2D eigenvalue weighted by Gasteiger charge is -2.05. The number of rotatable bonds is 4. The molecule has 0 spiro atoms. The average Bonchev–Trinajstić information content (AvgIpc) is 2.89. The number of thioether (sulfide) groups is 1. The second-order valence-electron chi connectivity index (χ2n) is 3.29. The number of ether oxygens (including phenoxy) is 1. The van der Waals surface area contributed by atoms with Gasteiger partial charge >= 0.3 is 5.97 Å². The summed E-state index contributed by atoms with van der Waals surface area (Å²) in [5, 5.41) is 7.74. The minimum Gasteiger partial charge on any atom is -0.465 e. The number of methoxy groups -OCH3 is 1. The highest BCUT2D eigenvalue weighted by molar-refractivity contribution is 9.10. The van der Waals surface area contributed by atoms with Crippen LogP contribution in [0, 0.1) is 0 Å². The molecule has 0 aliphatic carbocycles. The van der Waals surface area contributed by atoms with Gasteiger partial charge in [-0.15, -0.1) is 10.2 Å². The van der Waals surface area contributed by atoms with Crippen LogP contribution in [0.5, 0.6) is 0 Å². The molecule has 1 heterocycles. The van der Waals surface area contributed by atoms with Gasteiger partial charge in [-0.3, -0.25) is 0 Å². The minimum atomic E-state index is -0.334. The maximum atomic E-state index is 11.4. The van der Waals surface area contributed by atoms with Crippen molar-refractivity contribution >= 4 is 45.0 Å². The van der Waals surface area contributed by atoms with Crippen molar-refractivity contribution in [1.29, 1.82) is 0 Å². The number of aromatic nitrogens is 2. The van der Waals surface area contributed by atoms with E-state index in [1.54, 1.807) is 29.4 Å². The molecule has 7 heteroatoms. The highest BCUT2D eigenvalue weighted by Gasteiger charge is 2.09. The summed E-state index contributed by atoms with van der Waals surface area (Å²) in [6, 6.07) is 5.43. The summed E-state index contributed by atoms with van der Waals surface area (Å²) in [5.74, 6) is 0.441. The lowest BCUT2D eigenvalue weighted by molar-refractivity contribution is 0.0600. The fourth-order valence-corrected chi connectivity index (χ4v) is 3.47. The normalized spacial score (nSPS) is 10.3. The first-order valence-corrected chi connectivity index (χ1v) is 7.62. The monoisotopic (exact) mass is 344 g/mol. The van der Waals surface area contributed by atoms with E-state index in [1.807, 2.05) is 6.07 Å². The number of hydrogen-bond acceptors (Lipinski definition) is 6. The molecule has 0 fully saturated rings. The van der Waals surface area contributed by atoms with Gasteiger partial charge in [0.25, 0.3) is 0 Å². The molecule has 94 valence electrons. The Hall–Kier alpha value is -0.920. The van der Waals surface area contributed by atoms with Gasteiger partial charge < -0.3 is 4.74 Å². The van der Waals surface area contributed by atoms with Crippen molar-refractivity contribution in [1.82, 2.24) is 10.2 Å². The number of nitrogens with zero attached hydrogens (tertiary/aromatic N) is 2. The van der Waals surface area contributed by atoms with E-state index in [1.165, 1.54) is 18.4 Å². The van der Waals surface area contributed by atoms with E-state index in [4.69, 9.17) is 0 Å². The topological polar surface area (TPSA) is 52.1 Å². The average molecular weight is 345 g/mol. The zero-order valence-electron chi connectivity index (χ0n) is 9.42. The Bertz CT molecular complexity index is 546. The van der Waals surface area contributed by atoms with Crippen LogP contribution in [0.2, 0.25) is 0 Å². The predicted octanol–water partition coefficient (Wildman–Crippen LogP) is 3.38. The maximum Gasteiger partial charge on any atom is 0.337 e. The molecule has 0 unspecified atom stereocenters. The van der Waals surface area contributed by atoms with Gasteiger partial charge in [0, 0.05) is 10.2 Å². The second-order valence-corrected chi connectivity index (χ2v) is 6.20. The number of esters is 1. The summed E-state index contributed by atoms with van der Waals surface area (Å²) in [5.41, 5.74) is 3.34. The van der Waals surface area contributed by atoms with E-state index < -0.39 is 0 Å². The highest BCUT2D eigenvalue weighted by Crippen LogP contribution is 2.28. The zero-order chi connectivity index (χ0) is 13.0. The van der Waals surface area contributed by atoms with Crippen LogP contribution in [-0.4, -0.2) is 23.3 Å². The van der Waals surface area contributed by atoms with Crippen molar-refractivity contribution < 1.29 is 9.53 Å². The maximum absolute atomic E-state index is 11.4. The smallest absolute Gasteiger partial charge is 0.337 e. The third kappa shape index (κ3) is 3.30. The number of hydrogen-bond donors (Lipinski definition) is 0. The molecule has 2 rings (SSSR count). The summed E-state index contributed by atoms with van der Waals surface area (Å²) >= 11 is 6.58. The first kappa shape index (κ1) is 13.5. The van der Waals surface area contributed by atoms with Crippen LogP contribution in [0.15, 0.2) is 32.5 Å². The van der Waals surface area contributed by atoms with E-state index in [0.717, 1.165) is 20.1 Å². The molecule has 0 atom stereocenters.